The molecule has 1 aliphatic heterocycles. The summed E-state index contributed by atoms with van der Waals surface area (Å²) in [4.78, 5) is 7.00. The van der Waals surface area contributed by atoms with Crippen molar-refractivity contribution in [1.82, 2.24) is 10.6 Å². The molecule has 1 atom stereocenters. The first kappa shape index (κ1) is 21.9. The molecule has 0 aromatic heterocycles. The summed E-state index contributed by atoms with van der Waals surface area (Å²) in [6.07, 6.45) is -0.136. The number of benzene rings is 2. The van der Waals surface area contributed by atoms with Crippen molar-refractivity contribution in [2.45, 2.75) is 26.5 Å². The number of nitrogens with zero attached hydrogens (tertiary/aromatic N) is 2. The molecule has 162 valence electrons. The third-order valence-corrected chi connectivity index (χ3v) is 4.77. The Hall–Kier alpha value is -2.80. The Kier molecular flexibility index (Phi) is 8.32. The van der Waals surface area contributed by atoms with Crippen molar-refractivity contribution in [2.24, 2.45) is 4.99 Å². The van der Waals surface area contributed by atoms with Crippen LogP contribution < -0.4 is 20.3 Å². The fourth-order valence-corrected chi connectivity index (χ4v) is 3.20. The van der Waals surface area contributed by atoms with Gasteiger partial charge < -0.3 is 25.0 Å². The van der Waals surface area contributed by atoms with Gasteiger partial charge in [-0.1, -0.05) is 18.2 Å². The molecule has 2 aromatic rings. The maximum Gasteiger partial charge on any atom is 0.191 e. The van der Waals surface area contributed by atoms with Gasteiger partial charge in [0.05, 0.1) is 26.3 Å². The molecule has 0 aliphatic carbocycles. The van der Waals surface area contributed by atoms with E-state index in [4.69, 9.17) is 9.47 Å². The molecule has 1 saturated heterocycles. The van der Waals surface area contributed by atoms with E-state index in [0.29, 0.717) is 18.8 Å². The van der Waals surface area contributed by atoms with Crippen molar-refractivity contribution in [3.8, 4) is 5.75 Å². The smallest absolute Gasteiger partial charge is 0.191 e. The van der Waals surface area contributed by atoms with Gasteiger partial charge in [-0.25, -0.2) is 9.38 Å². The number of ether oxygens (including phenoxy) is 2. The van der Waals surface area contributed by atoms with Crippen LogP contribution in [-0.4, -0.2) is 51.5 Å². The number of guanidine groups is 1. The van der Waals surface area contributed by atoms with E-state index in [1.165, 1.54) is 17.8 Å². The first-order valence-electron chi connectivity index (χ1n) is 10.5. The van der Waals surface area contributed by atoms with Crippen molar-refractivity contribution in [3.05, 3.63) is 59.9 Å². The Balaban J connectivity index is 1.50. The van der Waals surface area contributed by atoms with Crippen molar-refractivity contribution < 1.29 is 13.9 Å². The number of rotatable bonds is 8. The summed E-state index contributed by atoms with van der Waals surface area (Å²) in [5.74, 6) is 0.943. The molecule has 3 rings (SSSR count). The molecule has 1 aliphatic rings. The molecule has 1 unspecified atom stereocenters. The Labute approximate surface area is 178 Å². The lowest BCUT2D eigenvalue weighted by Gasteiger charge is -2.28. The molecule has 0 bridgehead atoms. The highest BCUT2D eigenvalue weighted by molar-refractivity contribution is 5.79. The SMILES string of the molecule is CCNC(=NCc1ccc(N2CCOCC2)cc1)NCC(C)Oc1cccc(F)c1. The number of hydrogen-bond donors (Lipinski definition) is 2. The zero-order chi connectivity index (χ0) is 21.2. The maximum absolute atomic E-state index is 13.3. The molecule has 1 heterocycles. The second-order valence-electron chi connectivity index (χ2n) is 7.23. The minimum atomic E-state index is -0.304. The van der Waals surface area contributed by atoms with Gasteiger partial charge in [-0.3, -0.25) is 0 Å². The average molecular weight is 415 g/mol. The van der Waals surface area contributed by atoms with Gasteiger partial charge >= 0.3 is 0 Å². The van der Waals surface area contributed by atoms with Crippen molar-refractivity contribution in [2.75, 3.05) is 44.3 Å². The molecule has 0 spiro atoms. The van der Waals surface area contributed by atoms with Crippen LogP contribution in [0.3, 0.4) is 0 Å². The van der Waals surface area contributed by atoms with Crippen LogP contribution >= 0.6 is 0 Å². The van der Waals surface area contributed by atoms with Crippen LogP contribution in [0.5, 0.6) is 5.75 Å². The monoisotopic (exact) mass is 414 g/mol. The highest BCUT2D eigenvalue weighted by Crippen LogP contribution is 2.17. The third-order valence-electron chi connectivity index (χ3n) is 4.77. The molecule has 1 fully saturated rings. The topological polar surface area (TPSA) is 58.1 Å². The Bertz CT molecular complexity index is 807. The van der Waals surface area contributed by atoms with Crippen LogP contribution in [0.15, 0.2) is 53.5 Å². The molecular weight excluding hydrogens is 383 g/mol. The minimum Gasteiger partial charge on any atom is -0.489 e. The fraction of sp³-hybridized carbons (Fsp3) is 0.435. The molecule has 7 heteroatoms. The van der Waals surface area contributed by atoms with Gasteiger partial charge in [0, 0.05) is 31.4 Å². The number of halogens is 1. The fourth-order valence-electron chi connectivity index (χ4n) is 3.20. The van der Waals surface area contributed by atoms with E-state index < -0.39 is 0 Å². The zero-order valence-corrected chi connectivity index (χ0v) is 17.7. The van der Waals surface area contributed by atoms with Crippen LogP contribution in [-0.2, 0) is 11.3 Å². The van der Waals surface area contributed by atoms with Crippen LogP contribution in [0.1, 0.15) is 19.4 Å². The number of morpholine rings is 1. The van der Waals surface area contributed by atoms with Gasteiger partial charge in [-0.05, 0) is 43.7 Å². The summed E-state index contributed by atoms with van der Waals surface area (Å²) in [6.45, 7) is 9.30. The maximum atomic E-state index is 13.3. The predicted molar refractivity (Wildman–Crippen MR) is 119 cm³/mol. The van der Waals surface area contributed by atoms with Crippen LogP contribution in [0.2, 0.25) is 0 Å². The predicted octanol–water partition coefficient (Wildman–Crippen LogP) is 3.18. The van der Waals surface area contributed by atoms with E-state index in [-0.39, 0.29) is 11.9 Å². The lowest BCUT2D eigenvalue weighted by molar-refractivity contribution is 0.122. The second kappa shape index (κ2) is 11.4. The Morgan fingerprint density at radius 1 is 1.17 bits per heavy atom. The van der Waals surface area contributed by atoms with Gasteiger partial charge in [0.25, 0.3) is 0 Å². The first-order chi connectivity index (χ1) is 14.6. The van der Waals surface area contributed by atoms with Crippen molar-refractivity contribution in [3.63, 3.8) is 0 Å². The van der Waals surface area contributed by atoms with E-state index >= 15 is 0 Å². The average Bonchev–Trinajstić information content (AvgIpc) is 2.77. The normalized spacial score (nSPS) is 15.6. The molecule has 30 heavy (non-hydrogen) atoms. The van der Waals surface area contributed by atoms with Gasteiger partial charge in [0.15, 0.2) is 5.96 Å². The molecular formula is C23H31FN4O2. The van der Waals surface area contributed by atoms with E-state index in [1.807, 2.05) is 13.8 Å². The number of anilines is 1. The second-order valence-corrected chi connectivity index (χ2v) is 7.23. The molecule has 0 saturated carbocycles. The number of aliphatic imine (C=N–C) groups is 1. The summed E-state index contributed by atoms with van der Waals surface area (Å²) in [6, 6.07) is 14.7. The number of hydrogen-bond acceptors (Lipinski definition) is 4. The van der Waals surface area contributed by atoms with Crippen LogP contribution in [0.4, 0.5) is 10.1 Å². The molecule has 0 radical (unpaired) electrons. The highest BCUT2D eigenvalue weighted by atomic mass is 19.1. The largest absolute Gasteiger partial charge is 0.489 e. The van der Waals surface area contributed by atoms with E-state index in [0.717, 1.165) is 44.4 Å². The molecule has 2 N–H and O–H groups in total. The van der Waals surface area contributed by atoms with Gasteiger partial charge in [0.2, 0.25) is 0 Å². The molecule has 0 amide bonds. The van der Waals surface area contributed by atoms with Gasteiger partial charge in [0.1, 0.15) is 17.7 Å². The van der Waals surface area contributed by atoms with Crippen LogP contribution in [0.25, 0.3) is 0 Å². The summed E-state index contributed by atoms with van der Waals surface area (Å²) in [5.41, 5.74) is 2.37. The summed E-state index contributed by atoms with van der Waals surface area (Å²) < 4.78 is 24.5. The van der Waals surface area contributed by atoms with Crippen molar-refractivity contribution >= 4 is 11.6 Å². The zero-order valence-electron chi connectivity index (χ0n) is 17.7. The summed E-state index contributed by atoms with van der Waals surface area (Å²) >= 11 is 0. The lowest BCUT2D eigenvalue weighted by atomic mass is 10.2. The highest BCUT2D eigenvalue weighted by Gasteiger charge is 2.11. The van der Waals surface area contributed by atoms with E-state index in [1.54, 1.807) is 12.1 Å². The molecule has 6 nitrogen and oxygen atoms in total. The lowest BCUT2D eigenvalue weighted by Crippen LogP contribution is -2.41. The molecule has 2 aromatic carbocycles. The third kappa shape index (κ3) is 6.91. The first-order valence-corrected chi connectivity index (χ1v) is 10.5. The summed E-state index contributed by atoms with van der Waals surface area (Å²) in [7, 11) is 0. The van der Waals surface area contributed by atoms with Crippen LogP contribution in [0, 0.1) is 5.82 Å². The Morgan fingerprint density at radius 3 is 2.63 bits per heavy atom. The van der Waals surface area contributed by atoms with E-state index in [2.05, 4.69) is 44.8 Å². The minimum absolute atomic E-state index is 0.136. The van der Waals surface area contributed by atoms with Gasteiger partial charge in [-0.15, -0.1) is 0 Å². The number of nitrogens with one attached hydrogen (secondary N) is 2. The standard InChI is InChI=1S/C23H31FN4O2/c1-3-25-23(26-16-18(2)30-22-6-4-5-20(24)15-22)27-17-19-7-9-21(10-8-19)28-11-13-29-14-12-28/h4-10,15,18H,3,11-14,16-17H2,1-2H3,(H2,25,26,27). The quantitative estimate of drug-likeness (QED) is 0.513. The Morgan fingerprint density at radius 2 is 1.93 bits per heavy atom. The summed E-state index contributed by atoms with van der Waals surface area (Å²) in [5, 5.41) is 6.53. The van der Waals surface area contributed by atoms with Crippen molar-refractivity contribution in [1.29, 1.82) is 0 Å². The van der Waals surface area contributed by atoms with Gasteiger partial charge in [-0.2, -0.15) is 0 Å². The van der Waals surface area contributed by atoms with E-state index in [9.17, 15) is 4.39 Å².